The summed E-state index contributed by atoms with van der Waals surface area (Å²) in [6.45, 7) is 5.78. The first-order valence-corrected chi connectivity index (χ1v) is 10.6. The molecule has 0 aliphatic carbocycles. The van der Waals surface area contributed by atoms with Gasteiger partial charge >= 0.3 is 6.18 Å². The summed E-state index contributed by atoms with van der Waals surface area (Å²) in [4.78, 5) is 10.6. The highest BCUT2D eigenvalue weighted by Gasteiger charge is 2.33. The van der Waals surface area contributed by atoms with E-state index >= 15 is 0 Å². The van der Waals surface area contributed by atoms with Gasteiger partial charge in [-0.1, -0.05) is 24.3 Å². The number of nitrogens with zero attached hydrogens (tertiary/aromatic N) is 4. The Balaban J connectivity index is 1.44. The Labute approximate surface area is 189 Å². The molecular formula is C25H20F4N4. The molecule has 5 rings (SSSR count). The molecule has 0 amide bonds. The number of hydrogen-bond acceptors (Lipinski definition) is 4. The number of piperazine rings is 1. The summed E-state index contributed by atoms with van der Waals surface area (Å²) in [7, 11) is 0. The third-order valence-corrected chi connectivity index (χ3v) is 5.74. The molecule has 1 fully saturated rings. The number of hydrogen-bond donors (Lipinski definition) is 0. The standard InChI is InChI=1S/C25H20F4N4/c26-20-8-10-21(11-9-20)31-12-14-32(15-13-31)24-30-23-7-2-1-4-18(23)17-33(24)22-6-3-5-19(16-22)25(27,28)29/h1-11,16H,12-15H2. The summed E-state index contributed by atoms with van der Waals surface area (Å²) in [6.07, 6.45) is -4.44. The van der Waals surface area contributed by atoms with E-state index < -0.39 is 11.7 Å². The lowest BCUT2D eigenvalue weighted by Gasteiger charge is -2.41. The first kappa shape index (κ1) is 21.3. The van der Waals surface area contributed by atoms with E-state index in [0.29, 0.717) is 43.4 Å². The Morgan fingerprint density at radius 1 is 0.758 bits per heavy atom. The monoisotopic (exact) mass is 452 g/mol. The smallest absolute Gasteiger partial charge is 0.368 e. The molecule has 0 unspecified atom stereocenters. The van der Waals surface area contributed by atoms with Gasteiger partial charge in [0.15, 0.2) is 0 Å². The molecule has 168 valence electrons. The number of para-hydroxylation sites is 1. The van der Waals surface area contributed by atoms with Crippen molar-refractivity contribution >= 4 is 23.0 Å². The second-order valence-corrected chi connectivity index (χ2v) is 7.87. The number of anilines is 2. The van der Waals surface area contributed by atoms with Crippen LogP contribution in [-0.4, -0.2) is 37.0 Å². The first-order chi connectivity index (χ1) is 15.9. The topological polar surface area (TPSA) is 22.1 Å². The van der Waals surface area contributed by atoms with Crippen molar-refractivity contribution in [2.75, 3.05) is 36.0 Å². The van der Waals surface area contributed by atoms with Crippen molar-refractivity contribution < 1.29 is 17.6 Å². The molecule has 33 heavy (non-hydrogen) atoms. The van der Waals surface area contributed by atoms with Gasteiger partial charge in [-0.05, 0) is 48.5 Å². The van der Waals surface area contributed by atoms with Crippen molar-refractivity contribution in [1.29, 1.82) is 0 Å². The molecule has 3 aromatic carbocycles. The van der Waals surface area contributed by atoms with Crippen LogP contribution in [-0.2, 0) is 6.18 Å². The largest absolute Gasteiger partial charge is 0.416 e. The van der Waals surface area contributed by atoms with Crippen molar-refractivity contribution in [3.63, 3.8) is 0 Å². The predicted octanol–water partition coefficient (Wildman–Crippen LogP) is 5.56. The molecule has 8 heteroatoms. The highest BCUT2D eigenvalue weighted by molar-refractivity contribution is 6.01. The molecule has 2 aliphatic heterocycles. The van der Waals surface area contributed by atoms with Crippen LogP contribution in [0.5, 0.6) is 0 Å². The average molecular weight is 452 g/mol. The van der Waals surface area contributed by atoms with Crippen LogP contribution in [0, 0.1) is 12.4 Å². The van der Waals surface area contributed by atoms with Gasteiger partial charge in [0.2, 0.25) is 5.96 Å². The molecule has 0 aromatic heterocycles. The first-order valence-electron chi connectivity index (χ1n) is 10.6. The number of benzene rings is 3. The second-order valence-electron chi connectivity index (χ2n) is 7.87. The number of aliphatic imine (C=N–C) groups is 1. The summed E-state index contributed by atoms with van der Waals surface area (Å²) in [5.74, 6) is 0.252. The van der Waals surface area contributed by atoms with Gasteiger partial charge in [0.05, 0.1) is 11.3 Å². The Bertz CT molecular complexity index is 1170. The Hall–Kier alpha value is -3.55. The van der Waals surface area contributed by atoms with Gasteiger partial charge in [0.1, 0.15) is 12.4 Å². The average Bonchev–Trinajstić information content (AvgIpc) is 2.83. The molecule has 0 N–H and O–H groups in total. The highest BCUT2D eigenvalue weighted by atomic mass is 19.4. The molecule has 2 radical (unpaired) electrons. The van der Waals surface area contributed by atoms with E-state index in [0.717, 1.165) is 23.5 Å². The number of rotatable bonds is 2. The molecule has 0 atom stereocenters. The molecule has 3 aromatic rings. The molecule has 0 bridgehead atoms. The fourth-order valence-corrected chi connectivity index (χ4v) is 4.02. The maximum Gasteiger partial charge on any atom is 0.416 e. The van der Waals surface area contributed by atoms with Crippen LogP contribution >= 0.6 is 0 Å². The van der Waals surface area contributed by atoms with Crippen molar-refractivity contribution in [1.82, 2.24) is 4.90 Å². The lowest BCUT2D eigenvalue weighted by atomic mass is 10.1. The summed E-state index contributed by atoms with van der Waals surface area (Å²) in [5.41, 5.74) is 1.99. The van der Waals surface area contributed by atoms with Crippen LogP contribution in [0.2, 0.25) is 0 Å². The quantitative estimate of drug-likeness (QED) is 0.475. The third-order valence-electron chi connectivity index (χ3n) is 5.74. The minimum Gasteiger partial charge on any atom is -0.368 e. The third kappa shape index (κ3) is 4.37. The van der Waals surface area contributed by atoms with Crippen molar-refractivity contribution in [3.8, 4) is 0 Å². The van der Waals surface area contributed by atoms with Crippen molar-refractivity contribution in [2.45, 2.75) is 6.18 Å². The van der Waals surface area contributed by atoms with E-state index in [1.807, 2.05) is 29.2 Å². The van der Waals surface area contributed by atoms with Gasteiger partial charge < -0.3 is 9.80 Å². The SMILES string of the molecule is Fc1ccc(N2CCN(C3=Nc4ccccc4[C]N3c3cccc(C(F)(F)F)c3)CC2)cc1. The summed E-state index contributed by atoms with van der Waals surface area (Å²) >= 11 is 0. The van der Waals surface area contributed by atoms with Gasteiger partial charge in [-0.15, -0.1) is 0 Å². The van der Waals surface area contributed by atoms with E-state index in [1.165, 1.54) is 18.2 Å². The van der Waals surface area contributed by atoms with Gasteiger partial charge in [0, 0.05) is 43.1 Å². The minimum absolute atomic E-state index is 0.282. The van der Waals surface area contributed by atoms with Gasteiger partial charge in [-0.3, -0.25) is 4.90 Å². The van der Waals surface area contributed by atoms with Crippen LogP contribution < -0.4 is 9.80 Å². The van der Waals surface area contributed by atoms with E-state index in [4.69, 9.17) is 4.99 Å². The maximum absolute atomic E-state index is 13.3. The van der Waals surface area contributed by atoms with E-state index in [-0.39, 0.29) is 5.82 Å². The molecular weight excluding hydrogens is 432 g/mol. The van der Waals surface area contributed by atoms with Crippen LogP contribution in [0.15, 0.2) is 77.8 Å². The van der Waals surface area contributed by atoms with E-state index in [9.17, 15) is 17.6 Å². The van der Waals surface area contributed by atoms with Crippen molar-refractivity contribution in [2.24, 2.45) is 4.99 Å². The Kier molecular flexibility index (Phi) is 5.44. The fourth-order valence-electron chi connectivity index (χ4n) is 4.02. The maximum atomic E-state index is 13.3. The highest BCUT2D eigenvalue weighted by Crippen LogP contribution is 2.36. The number of guanidine groups is 1. The molecule has 2 heterocycles. The van der Waals surface area contributed by atoms with E-state index in [2.05, 4.69) is 11.4 Å². The number of halogens is 4. The zero-order chi connectivity index (χ0) is 23.0. The van der Waals surface area contributed by atoms with Crippen LogP contribution in [0.3, 0.4) is 0 Å². The summed E-state index contributed by atoms with van der Waals surface area (Å²) < 4.78 is 53.3. The fraction of sp³-hybridized carbons (Fsp3) is 0.200. The number of alkyl halides is 3. The Morgan fingerprint density at radius 2 is 1.45 bits per heavy atom. The van der Waals surface area contributed by atoms with Gasteiger partial charge in [-0.25, -0.2) is 9.38 Å². The normalized spacial score (nSPS) is 16.5. The molecule has 4 nitrogen and oxygen atoms in total. The molecule has 0 spiro atoms. The lowest BCUT2D eigenvalue weighted by molar-refractivity contribution is -0.137. The van der Waals surface area contributed by atoms with Crippen LogP contribution in [0.25, 0.3) is 0 Å². The van der Waals surface area contributed by atoms with Gasteiger partial charge in [-0.2, -0.15) is 13.2 Å². The number of fused-ring (bicyclic) bond motifs is 1. The zero-order valence-corrected chi connectivity index (χ0v) is 17.6. The van der Waals surface area contributed by atoms with Crippen molar-refractivity contribution in [3.05, 3.63) is 96.3 Å². The van der Waals surface area contributed by atoms with Crippen LogP contribution in [0.4, 0.5) is 34.6 Å². The van der Waals surface area contributed by atoms with E-state index in [1.54, 1.807) is 23.1 Å². The Morgan fingerprint density at radius 3 is 2.18 bits per heavy atom. The zero-order valence-electron chi connectivity index (χ0n) is 17.6. The predicted molar refractivity (Wildman–Crippen MR) is 120 cm³/mol. The molecule has 2 aliphatic rings. The minimum atomic E-state index is -4.44. The second kappa shape index (κ2) is 8.42. The summed E-state index contributed by atoms with van der Waals surface area (Å²) in [5, 5.41) is 0. The summed E-state index contributed by atoms with van der Waals surface area (Å²) in [6, 6.07) is 19.0. The van der Waals surface area contributed by atoms with Gasteiger partial charge in [0.25, 0.3) is 0 Å². The molecule has 1 saturated heterocycles. The van der Waals surface area contributed by atoms with Crippen LogP contribution in [0.1, 0.15) is 11.1 Å². The molecule has 0 saturated carbocycles. The lowest BCUT2D eigenvalue weighted by Crippen LogP contribution is -2.54.